The Balaban J connectivity index is 1.55. The summed E-state index contributed by atoms with van der Waals surface area (Å²) in [7, 11) is 4.06. The lowest BCUT2D eigenvalue weighted by Crippen LogP contribution is -2.15. The number of hydrogen-bond donors (Lipinski definition) is 2. The van der Waals surface area contributed by atoms with Gasteiger partial charge in [0.05, 0.1) is 22.0 Å². The summed E-state index contributed by atoms with van der Waals surface area (Å²) >= 11 is 1.57. The van der Waals surface area contributed by atoms with E-state index in [0.29, 0.717) is 5.75 Å². The Kier molecular flexibility index (Phi) is 5.96. The van der Waals surface area contributed by atoms with Gasteiger partial charge in [-0.3, -0.25) is 4.79 Å². The number of nitrogens with zero attached hydrogens (tertiary/aromatic N) is 2. The van der Waals surface area contributed by atoms with Crippen LogP contribution in [0.15, 0.2) is 48.5 Å². The fourth-order valence-corrected chi connectivity index (χ4v) is 3.50. The van der Waals surface area contributed by atoms with Gasteiger partial charge < -0.3 is 15.2 Å². The van der Waals surface area contributed by atoms with Crippen LogP contribution in [0.5, 0.6) is 0 Å². The third-order valence-electron chi connectivity index (χ3n) is 3.97. The van der Waals surface area contributed by atoms with Crippen molar-refractivity contribution in [1.82, 2.24) is 14.9 Å². The third kappa shape index (κ3) is 4.86. The minimum absolute atomic E-state index is 0.0000332. The van der Waals surface area contributed by atoms with Crippen molar-refractivity contribution in [2.24, 2.45) is 0 Å². The summed E-state index contributed by atoms with van der Waals surface area (Å²) < 4.78 is 0. The van der Waals surface area contributed by atoms with Crippen molar-refractivity contribution >= 4 is 34.4 Å². The molecule has 2 N–H and O–H groups in total. The van der Waals surface area contributed by atoms with Gasteiger partial charge in [-0.05, 0) is 50.8 Å². The molecule has 3 aromatic rings. The number of nitrogens with one attached hydrogen (secondary N) is 2. The van der Waals surface area contributed by atoms with Gasteiger partial charge in [-0.15, -0.1) is 11.8 Å². The minimum atomic E-state index is -0.0000332. The molecule has 0 aliphatic rings. The number of para-hydroxylation sites is 2. The van der Waals surface area contributed by atoms with E-state index < -0.39 is 0 Å². The molecule has 136 valence electrons. The maximum atomic E-state index is 12.3. The molecule has 6 heteroatoms. The maximum absolute atomic E-state index is 12.3. The van der Waals surface area contributed by atoms with E-state index in [1.54, 1.807) is 11.8 Å². The molecule has 3 rings (SSSR count). The van der Waals surface area contributed by atoms with E-state index in [4.69, 9.17) is 0 Å². The highest BCUT2D eigenvalue weighted by molar-refractivity contribution is 8.00. The minimum Gasteiger partial charge on any atom is -0.341 e. The Morgan fingerprint density at radius 2 is 2.04 bits per heavy atom. The van der Waals surface area contributed by atoms with Gasteiger partial charge in [-0.25, -0.2) is 4.98 Å². The van der Waals surface area contributed by atoms with Gasteiger partial charge >= 0.3 is 0 Å². The SMILES string of the molecule is CC(SCC(=O)Nc1cccc(CN(C)C)c1)c1nc2ccccc2[nH]1. The first kappa shape index (κ1) is 18.5. The molecule has 0 radical (unpaired) electrons. The average Bonchev–Trinajstić information content (AvgIpc) is 3.03. The molecule has 1 atom stereocenters. The molecule has 0 aliphatic carbocycles. The number of fused-ring (bicyclic) bond motifs is 1. The van der Waals surface area contributed by atoms with Crippen LogP contribution in [0.2, 0.25) is 0 Å². The number of rotatable bonds is 7. The Bertz CT molecular complexity index is 857. The zero-order chi connectivity index (χ0) is 18.5. The average molecular weight is 369 g/mol. The number of H-pyrrole nitrogens is 1. The molecular weight excluding hydrogens is 344 g/mol. The summed E-state index contributed by atoms with van der Waals surface area (Å²) in [6, 6.07) is 15.9. The van der Waals surface area contributed by atoms with Crippen molar-refractivity contribution in [3.05, 3.63) is 59.9 Å². The van der Waals surface area contributed by atoms with Crippen molar-refractivity contribution in [2.45, 2.75) is 18.7 Å². The lowest BCUT2D eigenvalue weighted by Gasteiger charge is -2.12. The molecule has 5 nitrogen and oxygen atoms in total. The molecule has 2 aromatic carbocycles. The number of hydrogen-bond acceptors (Lipinski definition) is 4. The largest absolute Gasteiger partial charge is 0.341 e. The van der Waals surface area contributed by atoms with Gasteiger partial charge in [0.25, 0.3) is 0 Å². The van der Waals surface area contributed by atoms with Crippen molar-refractivity contribution in [3.8, 4) is 0 Å². The van der Waals surface area contributed by atoms with Crippen LogP contribution in [0.4, 0.5) is 5.69 Å². The normalized spacial score (nSPS) is 12.5. The third-order valence-corrected chi connectivity index (χ3v) is 5.12. The second kappa shape index (κ2) is 8.38. The molecule has 1 amide bonds. The quantitative estimate of drug-likeness (QED) is 0.660. The number of thioether (sulfide) groups is 1. The summed E-state index contributed by atoms with van der Waals surface area (Å²) in [6.07, 6.45) is 0. The number of amides is 1. The molecule has 0 fully saturated rings. The van der Waals surface area contributed by atoms with E-state index in [0.717, 1.165) is 29.1 Å². The molecular formula is C20H24N4OS. The molecule has 0 saturated carbocycles. The lowest BCUT2D eigenvalue weighted by molar-refractivity contribution is -0.113. The Hall–Kier alpha value is -2.31. The molecule has 1 heterocycles. The van der Waals surface area contributed by atoms with Crippen LogP contribution >= 0.6 is 11.8 Å². The molecule has 1 aromatic heterocycles. The van der Waals surface area contributed by atoms with E-state index in [1.165, 1.54) is 5.56 Å². The van der Waals surface area contributed by atoms with E-state index in [-0.39, 0.29) is 11.2 Å². The van der Waals surface area contributed by atoms with Crippen LogP contribution in [-0.2, 0) is 11.3 Å². The van der Waals surface area contributed by atoms with Crippen molar-refractivity contribution in [2.75, 3.05) is 25.2 Å². The van der Waals surface area contributed by atoms with E-state index >= 15 is 0 Å². The molecule has 1 unspecified atom stereocenters. The lowest BCUT2D eigenvalue weighted by atomic mass is 10.2. The number of aromatic nitrogens is 2. The second-order valence-electron chi connectivity index (χ2n) is 6.58. The highest BCUT2D eigenvalue weighted by Gasteiger charge is 2.13. The molecule has 0 saturated heterocycles. The van der Waals surface area contributed by atoms with Gasteiger partial charge in [0.2, 0.25) is 5.91 Å². The highest BCUT2D eigenvalue weighted by Crippen LogP contribution is 2.27. The van der Waals surface area contributed by atoms with Crippen LogP contribution in [0.1, 0.15) is 23.6 Å². The second-order valence-corrected chi connectivity index (χ2v) is 7.91. The number of carbonyl (C=O) groups excluding carboxylic acids is 1. The first-order valence-electron chi connectivity index (χ1n) is 8.61. The molecule has 26 heavy (non-hydrogen) atoms. The number of carbonyl (C=O) groups is 1. The number of benzene rings is 2. The van der Waals surface area contributed by atoms with Gasteiger partial charge in [-0.2, -0.15) is 0 Å². The summed E-state index contributed by atoms with van der Waals surface area (Å²) in [5.74, 6) is 1.28. The predicted octanol–water partition coefficient (Wildman–Crippen LogP) is 4.06. The van der Waals surface area contributed by atoms with Gasteiger partial charge in [0.1, 0.15) is 5.82 Å². The Morgan fingerprint density at radius 1 is 1.23 bits per heavy atom. The fourth-order valence-electron chi connectivity index (χ4n) is 2.75. The van der Waals surface area contributed by atoms with Crippen molar-refractivity contribution < 1.29 is 4.79 Å². The summed E-state index contributed by atoms with van der Waals surface area (Å²) in [5.41, 5.74) is 4.00. The molecule has 0 spiro atoms. The van der Waals surface area contributed by atoms with Crippen LogP contribution in [0.25, 0.3) is 11.0 Å². The monoisotopic (exact) mass is 368 g/mol. The number of aromatic amines is 1. The summed E-state index contributed by atoms with van der Waals surface area (Å²) in [5, 5.41) is 3.10. The zero-order valence-electron chi connectivity index (χ0n) is 15.3. The van der Waals surface area contributed by atoms with Crippen LogP contribution < -0.4 is 5.32 Å². The smallest absolute Gasteiger partial charge is 0.234 e. The predicted molar refractivity (Wildman–Crippen MR) is 109 cm³/mol. The summed E-state index contributed by atoms with van der Waals surface area (Å²) in [6.45, 7) is 2.91. The van der Waals surface area contributed by atoms with E-state index in [9.17, 15) is 4.79 Å². The van der Waals surface area contributed by atoms with Crippen LogP contribution in [-0.4, -0.2) is 40.6 Å². The van der Waals surface area contributed by atoms with Gasteiger partial charge in [0.15, 0.2) is 0 Å². The standard InChI is InChI=1S/C20H24N4OS/c1-14(20-22-17-9-4-5-10-18(17)23-20)26-13-19(25)21-16-8-6-7-15(11-16)12-24(2)3/h4-11,14H,12-13H2,1-3H3,(H,21,25)(H,22,23). The first-order chi connectivity index (χ1) is 12.5. The number of imidazole rings is 1. The van der Waals surface area contributed by atoms with Crippen molar-refractivity contribution in [3.63, 3.8) is 0 Å². The maximum Gasteiger partial charge on any atom is 0.234 e. The van der Waals surface area contributed by atoms with Crippen LogP contribution in [0.3, 0.4) is 0 Å². The van der Waals surface area contributed by atoms with Gasteiger partial charge in [-0.1, -0.05) is 24.3 Å². The molecule has 0 aliphatic heterocycles. The van der Waals surface area contributed by atoms with Gasteiger partial charge in [0, 0.05) is 12.2 Å². The summed E-state index contributed by atoms with van der Waals surface area (Å²) in [4.78, 5) is 22.3. The topological polar surface area (TPSA) is 61.0 Å². The van der Waals surface area contributed by atoms with Crippen molar-refractivity contribution in [1.29, 1.82) is 0 Å². The zero-order valence-corrected chi connectivity index (χ0v) is 16.1. The Labute approximate surface area is 158 Å². The fraction of sp³-hybridized carbons (Fsp3) is 0.300. The van der Waals surface area contributed by atoms with E-state index in [1.807, 2.05) is 56.6 Å². The first-order valence-corrected chi connectivity index (χ1v) is 9.66. The van der Waals surface area contributed by atoms with E-state index in [2.05, 4.69) is 33.2 Å². The van der Waals surface area contributed by atoms with Crippen LogP contribution in [0, 0.1) is 0 Å². The molecule has 0 bridgehead atoms. The highest BCUT2D eigenvalue weighted by atomic mass is 32.2. The number of anilines is 1. The Morgan fingerprint density at radius 3 is 2.81 bits per heavy atom.